The van der Waals surface area contributed by atoms with Crippen LogP contribution in [0.4, 0.5) is 5.69 Å². The Balaban J connectivity index is 1.53. The average molecular weight is 436 g/mol. The summed E-state index contributed by atoms with van der Waals surface area (Å²) in [7, 11) is 0. The fourth-order valence-electron chi connectivity index (χ4n) is 2.82. The van der Waals surface area contributed by atoms with Crippen molar-refractivity contribution in [3.8, 4) is 5.75 Å². The molecule has 0 saturated carbocycles. The predicted molar refractivity (Wildman–Crippen MR) is 123 cm³/mol. The number of carbonyl (C=O) groups excluding carboxylic acids is 2. The van der Waals surface area contributed by atoms with E-state index in [2.05, 4.69) is 15.8 Å². The van der Waals surface area contributed by atoms with Gasteiger partial charge in [-0.05, 0) is 61.4 Å². The maximum absolute atomic E-state index is 12.2. The second kappa shape index (κ2) is 10.4. The highest BCUT2D eigenvalue weighted by molar-refractivity contribution is 6.32. The largest absolute Gasteiger partial charge is 0.482 e. The average Bonchev–Trinajstić information content (AvgIpc) is 2.75. The molecular weight excluding hydrogens is 414 g/mol. The number of rotatable bonds is 7. The molecule has 0 aliphatic rings. The first kappa shape index (κ1) is 22.1. The van der Waals surface area contributed by atoms with Crippen molar-refractivity contribution in [3.63, 3.8) is 0 Å². The summed E-state index contributed by atoms with van der Waals surface area (Å²) in [5.41, 5.74) is 6.49. The van der Waals surface area contributed by atoms with Gasteiger partial charge in [-0.25, -0.2) is 5.43 Å². The van der Waals surface area contributed by atoms with Gasteiger partial charge in [0.05, 0.1) is 11.2 Å². The first-order valence-electron chi connectivity index (χ1n) is 9.60. The lowest BCUT2D eigenvalue weighted by Gasteiger charge is -2.11. The molecule has 2 amide bonds. The van der Waals surface area contributed by atoms with Crippen LogP contribution in [0.3, 0.4) is 0 Å². The number of ether oxygens (including phenoxy) is 1. The van der Waals surface area contributed by atoms with E-state index in [9.17, 15) is 9.59 Å². The van der Waals surface area contributed by atoms with E-state index < -0.39 is 0 Å². The number of nitrogens with zero attached hydrogens (tertiary/aromatic N) is 1. The van der Waals surface area contributed by atoms with Crippen molar-refractivity contribution < 1.29 is 14.3 Å². The van der Waals surface area contributed by atoms with Gasteiger partial charge in [0.25, 0.3) is 11.8 Å². The molecule has 0 heterocycles. The summed E-state index contributed by atoms with van der Waals surface area (Å²) in [5.74, 6) is -0.210. The Hall–Kier alpha value is -3.64. The molecule has 6 nitrogen and oxygen atoms in total. The molecular formula is C24H22ClN3O3. The molecule has 0 atom stereocenters. The van der Waals surface area contributed by atoms with Crippen molar-refractivity contribution in [1.82, 2.24) is 5.43 Å². The second-order valence-electron chi connectivity index (χ2n) is 6.91. The molecule has 0 radical (unpaired) electrons. The highest BCUT2D eigenvalue weighted by Gasteiger charge is 2.09. The van der Waals surface area contributed by atoms with Gasteiger partial charge in [-0.1, -0.05) is 47.5 Å². The fourth-order valence-corrected chi connectivity index (χ4v) is 3.06. The Bertz CT molecular complexity index is 1110. The summed E-state index contributed by atoms with van der Waals surface area (Å²) in [4.78, 5) is 24.1. The third-order valence-corrected chi connectivity index (χ3v) is 4.68. The lowest BCUT2D eigenvalue weighted by molar-refractivity contribution is -0.118. The van der Waals surface area contributed by atoms with E-state index in [1.807, 2.05) is 38.1 Å². The molecule has 7 heteroatoms. The minimum atomic E-state index is -0.308. The van der Waals surface area contributed by atoms with Crippen molar-refractivity contribution >= 4 is 35.3 Å². The number of halogens is 1. The maximum Gasteiger partial charge on any atom is 0.271 e. The van der Waals surface area contributed by atoms with Crippen molar-refractivity contribution in [2.75, 3.05) is 11.9 Å². The maximum atomic E-state index is 12.2. The van der Waals surface area contributed by atoms with E-state index in [4.69, 9.17) is 16.3 Å². The summed E-state index contributed by atoms with van der Waals surface area (Å²) in [6, 6.07) is 19.6. The van der Waals surface area contributed by atoms with Gasteiger partial charge in [-0.15, -0.1) is 0 Å². The van der Waals surface area contributed by atoms with Crippen LogP contribution in [0.5, 0.6) is 5.75 Å². The van der Waals surface area contributed by atoms with Crippen LogP contribution in [0.2, 0.25) is 5.02 Å². The van der Waals surface area contributed by atoms with Crippen LogP contribution in [0.15, 0.2) is 71.8 Å². The van der Waals surface area contributed by atoms with E-state index >= 15 is 0 Å². The monoisotopic (exact) mass is 435 g/mol. The van der Waals surface area contributed by atoms with Crippen molar-refractivity contribution in [2.24, 2.45) is 5.10 Å². The van der Waals surface area contributed by atoms with Crippen LogP contribution in [-0.4, -0.2) is 24.6 Å². The molecule has 0 spiro atoms. The zero-order chi connectivity index (χ0) is 22.2. The molecule has 0 aliphatic heterocycles. The van der Waals surface area contributed by atoms with Crippen LogP contribution >= 0.6 is 11.6 Å². The SMILES string of the molecule is Cc1ccc(NC(=O)COc2ccc(/C=N/NC(=O)c3ccccc3)cc2Cl)c(C)c1. The Morgan fingerprint density at radius 2 is 1.81 bits per heavy atom. The number of anilines is 1. The lowest BCUT2D eigenvalue weighted by Crippen LogP contribution is -2.20. The summed E-state index contributed by atoms with van der Waals surface area (Å²) >= 11 is 6.25. The van der Waals surface area contributed by atoms with Gasteiger partial charge < -0.3 is 10.1 Å². The smallest absolute Gasteiger partial charge is 0.271 e. The number of hydrogen-bond donors (Lipinski definition) is 2. The predicted octanol–water partition coefficient (Wildman–Crippen LogP) is 4.74. The van der Waals surface area contributed by atoms with Crippen LogP contribution in [0.25, 0.3) is 0 Å². The second-order valence-corrected chi connectivity index (χ2v) is 7.32. The van der Waals surface area contributed by atoms with E-state index in [-0.39, 0.29) is 18.4 Å². The van der Waals surface area contributed by atoms with Crippen LogP contribution in [-0.2, 0) is 4.79 Å². The normalized spacial score (nSPS) is 10.7. The first-order valence-corrected chi connectivity index (χ1v) is 9.98. The number of benzene rings is 3. The van der Waals surface area contributed by atoms with E-state index in [1.165, 1.54) is 6.21 Å². The van der Waals surface area contributed by atoms with Crippen LogP contribution < -0.4 is 15.5 Å². The fraction of sp³-hybridized carbons (Fsp3) is 0.125. The van der Waals surface area contributed by atoms with Gasteiger partial charge in [-0.3, -0.25) is 9.59 Å². The number of hydrogen-bond acceptors (Lipinski definition) is 4. The van der Waals surface area contributed by atoms with Gasteiger partial charge in [0.1, 0.15) is 5.75 Å². The molecule has 0 aliphatic carbocycles. The van der Waals surface area contributed by atoms with E-state index in [1.54, 1.807) is 42.5 Å². The Morgan fingerprint density at radius 3 is 2.52 bits per heavy atom. The van der Waals surface area contributed by atoms with Crippen LogP contribution in [0.1, 0.15) is 27.0 Å². The van der Waals surface area contributed by atoms with Gasteiger partial charge in [0, 0.05) is 11.3 Å². The highest BCUT2D eigenvalue weighted by atomic mass is 35.5. The summed E-state index contributed by atoms with van der Waals surface area (Å²) in [6.45, 7) is 3.76. The molecule has 3 rings (SSSR count). The Kier molecular flexibility index (Phi) is 7.40. The zero-order valence-corrected chi connectivity index (χ0v) is 17.9. The van der Waals surface area contributed by atoms with Gasteiger partial charge in [0.15, 0.2) is 6.61 Å². The highest BCUT2D eigenvalue weighted by Crippen LogP contribution is 2.25. The molecule has 0 saturated heterocycles. The quantitative estimate of drug-likeness (QED) is 0.415. The third kappa shape index (κ3) is 6.42. The van der Waals surface area contributed by atoms with Crippen molar-refractivity contribution in [1.29, 1.82) is 0 Å². The summed E-state index contributed by atoms with van der Waals surface area (Å²) in [6.07, 6.45) is 1.48. The molecule has 2 N–H and O–H groups in total. The molecule has 3 aromatic rings. The van der Waals surface area contributed by atoms with E-state index in [0.717, 1.165) is 16.8 Å². The van der Waals surface area contributed by atoms with Gasteiger partial charge in [-0.2, -0.15) is 5.10 Å². The minimum Gasteiger partial charge on any atom is -0.482 e. The molecule has 0 aromatic heterocycles. The summed E-state index contributed by atoms with van der Waals surface area (Å²) in [5, 5.41) is 7.09. The number of hydrazone groups is 1. The molecule has 0 unspecified atom stereocenters. The number of amides is 2. The number of aryl methyl sites for hydroxylation is 2. The first-order chi connectivity index (χ1) is 14.9. The lowest BCUT2D eigenvalue weighted by atomic mass is 10.1. The van der Waals surface area contributed by atoms with E-state index in [0.29, 0.717) is 21.9 Å². The van der Waals surface area contributed by atoms with Crippen molar-refractivity contribution in [3.05, 3.63) is 94.0 Å². The Labute approximate surface area is 185 Å². The van der Waals surface area contributed by atoms with Gasteiger partial charge >= 0.3 is 0 Å². The third-order valence-electron chi connectivity index (χ3n) is 4.39. The van der Waals surface area contributed by atoms with Crippen LogP contribution in [0, 0.1) is 13.8 Å². The topological polar surface area (TPSA) is 79.8 Å². The molecule has 31 heavy (non-hydrogen) atoms. The number of carbonyl (C=O) groups is 2. The zero-order valence-electron chi connectivity index (χ0n) is 17.2. The summed E-state index contributed by atoms with van der Waals surface area (Å²) < 4.78 is 5.53. The minimum absolute atomic E-state index is 0.173. The standard InChI is InChI=1S/C24H22ClN3O3/c1-16-8-10-21(17(2)12-16)27-23(29)15-31-22-11-9-18(13-20(22)25)14-26-28-24(30)19-6-4-3-5-7-19/h3-14H,15H2,1-2H3,(H,27,29)(H,28,30)/b26-14+. The number of nitrogens with one attached hydrogen (secondary N) is 2. The molecule has 0 bridgehead atoms. The van der Waals surface area contributed by atoms with Crippen molar-refractivity contribution in [2.45, 2.75) is 13.8 Å². The molecule has 3 aromatic carbocycles. The Morgan fingerprint density at radius 1 is 1.03 bits per heavy atom. The van der Waals surface area contributed by atoms with Gasteiger partial charge in [0.2, 0.25) is 0 Å². The molecule has 158 valence electrons. The molecule has 0 fully saturated rings.